The molecule has 2 amide bonds. The Bertz CT molecular complexity index is 844. The Labute approximate surface area is 152 Å². The third-order valence-electron chi connectivity index (χ3n) is 5.06. The second-order valence-electron chi connectivity index (χ2n) is 7.25. The van der Waals surface area contributed by atoms with Gasteiger partial charge in [0.15, 0.2) is 0 Å². The van der Waals surface area contributed by atoms with E-state index >= 15 is 0 Å². The van der Waals surface area contributed by atoms with Gasteiger partial charge in [0, 0.05) is 17.8 Å². The molecule has 1 aliphatic heterocycles. The monoisotopic (exact) mass is 354 g/mol. The molecule has 2 aromatic rings. The molecule has 3 rings (SSSR count). The summed E-state index contributed by atoms with van der Waals surface area (Å²) in [6.07, 6.45) is 1.11. The number of rotatable bonds is 5. The van der Waals surface area contributed by atoms with Gasteiger partial charge in [-0.2, -0.15) is 0 Å². The molecular formula is C21H23FN2O2. The molecule has 0 aliphatic carbocycles. The summed E-state index contributed by atoms with van der Waals surface area (Å²) in [5.41, 5.74) is 2.68. The van der Waals surface area contributed by atoms with E-state index in [0.29, 0.717) is 12.1 Å². The molecule has 26 heavy (non-hydrogen) atoms. The van der Waals surface area contributed by atoms with Crippen LogP contribution >= 0.6 is 0 Å². The summed E-state index contributed by atoms with van der Waals surface area (Å²) in [7, 11) is 0. The number of fused-ring (bicyclic) bond motifs is 1. The van der Waals surface area contributed by atoms with Crippen LogP contribution in [0, 0.1) is 5.82 Å². The lowest BCUT2D eigenvalue weighted by Crippen LogP contribution is -2.27. The topological polar surface area (TPSA) is 58.2 Å². The van der Waals surface area contributed by atoms with Gasteiger partial charge in [-0.05, 0) is 67.6 Å². The second kappa shape index (κ2) is 6.90. The van der Waals surface area contributed by atoms with Gasteiger partial charge in [-0.15, -0.1) is 0 Å². The van der Waals surface area contributed by atoms with Crippen LogP contribution in [0.25, 0.3) is 0 Å². The zero-order valence-electron chi connectivity index (χ0n) is 15.2. The lowest BCUT2D eigenvalue weighted by Gasteiger charge is -2.17. The number of amides is 2. The van der Waals surface area contributed by atoms with E-state index < -0.39 is 5.41 Å². The summed E-state index contributed by atoms with van der Waals surface area (Å²) in [6, 6.07) is 11.7. The standard InChI is InChI=1S/C21H23FN2O2/c1-4-13(14-5-7-15(22)8-6-14)11-19(25)23-16-9-10-18-17(12-16)21(2,3)20(26)24-18/h5-10,12-13H,4,11H2,1-3H3,(H,23,25)(H,24,26). The Morgan fingerprint density at radius 1 is 1.19 bits per heavy atom. The Balaban J connectivity index is 1.71. The molecule has 0 aromatic heterocycles. The number of carbonyl (C=O) groups excluding carboxylic acids is 2. The smallest absolute Gasteiger partial charge is 0.234 e. The van der Waals surface area contributed by atoms with Gasteiger partial charge in [0.2, 0.25) is 11.8 Å². The Morgan fingerprint density at radius 2 is 1.88 bits per heavy atom. The van der Waals surface area contributed by atoms with Gasteiger partial charge in [0.1, 0.15) is 5.82 Å². The number of hydrogen-bond donors (Lipinski definition) is 2. The van der Waals surface area contributed by atoms with Crippen LogP contribution in [0.1, 0.15) is 50.7 Å². The zero-order chi connectivity index (χ0) is 18.9. The highest BCUT2D eigenvalue weighted by Gasteiger charge is 2.38. The Kier molecular flexibility index (Phi) is 4.81. The van der Waals surface area contributed by atoms with Crippen LogP contribution in [0.15, 0.2) is 42.5 Å². The normalized spacial score (nSPS) is 15.9. The lowest BCUT2D eigenvalue weighted by atomic mass is 9.86. The van der Waals surface area contributed by atoms with Crippen LogP contribution in [0.3, 0.4) is 0 Å². The van der Waals surface area contributed by atoms with Gasteiger partial charge in [-0.1, -0.05) is 19.1 Å². The van der Waals surface area contributed by atoms with E-state index in [4.69, 9.17) is 0 Å². The van der Waals surface area contributed by atoms with Crippen molar-refractivity contribution in [1.82, 2.24) is 0 Å². The first-order chi connectivity index (χ1) is 12.3. The van der Waals surface area contributed by atoms with Crippen molar-refractivity contribution in [2.24, 2.45) is 0 Å². The SMILES string of the molecule is CCC(CC(=O)Nc1ccc2c(c1)C(C)(C)C(=O)N2)c1ccc(F)cc1. The Morgan fingerprint density at radius 3 is 2.54 bits per heavy atom. The van der Waals surface area contributed by atoms with Crippen molar-refractivity contribution >= 4 is 23.2 Å². The molecule has 0 bridgehead atoms. The molecule has 0 saturated heterocycles. The number of anilines is 2. The van der Waals surface area contributed by atoms with Crippen LogP contribution in [0.2, 0.25) is 0 Å². The van der Waals surface area contributed by atoms with Crippen LogP contribution in [-0.4, -0.2) is 11.8 Å². The fourth-order valence-corrected chi connectivity index (χ4v) is 3.32. The number of carbonyl (C=O) groups is 2. The van der Waals surface area contributed by atoms with Crippen LogP contribution in [0.4, 0.5) is 15.8 Å². The van der Waals surface area contributed by atoms with Gasteiger partial charge >= 0.3 is 0 Å². The Hall–Kier alpha value is -2.69. The largest absolute Gasteiger partial charge is 0.326 e. The first-order valence-corrected chi connectivity index (χ1v) is 8.82. The number of benzene rings is 2. The van der Waals surface area contributed by atoms with Crippen molar-refractivity contribution < 1.29 is 14.0 Å². The molecule has 0 fully saturated rings. The van der Waals surface area contributed by atoms with Gasteiger partial charge in [0.25, 0.3) is 0 Å². The molecule has 0 saturated carbocycles. The lowest BCUT2D eigenvalue weighted by molar-refractivity contribution is -0.119. The van der Waals surface area contributed by atoms with Crippen LogP contribution < -0.4 is 10.6 Å². The van der Waals surface area contributed by atoms with Gasteiger partial charge in [-0.3, -0.25) is 9.59 Å². The van der Waals surface area contributed by atoms with E-state index in [0.717, 1.165) is 23.2 Å². The molecule has 0 radical (unpaired) electrons. The predicted molar refractivity (Wildman–Crippen MR) is 101 cm³/mol. The maximum atomic E-state index is 13.1. The van der Waals surface area contributed by atoms with Crippen LogP contribution in [0.5, 0.6) is 0 Å². The molecule has 1 atom stereocenters. The molecule has 1 aliphatic rings. The summed E-state index contributed by atoms with van der Waals surface area (Å²) < 4.78 is 13.1. The van der Waals surface area contributed by atoms with E-state index in [1.165, 1.54) is 12.1 Å². The number of halogens is 1. The summed E-state index contributed by atoms with van der Waals surface area (Å²) in [4.78, 5) is 24.5. The molecule has 1 unspecified atom stereocenters. The summed E-state index contributed by atoms with van der Waals surface area (Å²) in [6.45, 7) is 5.74. The third-order valence-corrected chi connectivity index (χ3v) is 5.06. The summed E-state index contributed by atoms with van der Waals surface area (Å²) in [5, 5.41) is 5.77. The molecule has 0 spiro atoms. The quantitative estimate of drug-likeness (QED) is 0.826. The minimum atomic E-state index is -0.615. The van der Waals surface area contributed by atoms with E-state index in [-0.39, 0.29) is 23.5 Å². The zero-order valence-corrected chi connectivity index (χ0v) is 15.2. The van der Waals surface area contributed by atoms with Crippen molar-refractivity contribution in [3.63, 3.8) is 0 Å². The first-order valence-electron chi connectivity index (χ1n) is 8.82. The van der Waals surface area contributed by atoms with Crippen molar-refractivity contribution in [3.8, 4) is 0 Å². The fourth-order valence-electron chi connectivity index (χ4n) is 3.32. The number of nitrogens with one attached hydrogen (secondary N) is 2. The van der Waals surface area contributed by atoms with Crippen LogP contribution in [-0.2, 0) is 15.0 Å². The molecule has 2 aromatic carbocycles. The maximum Gasteiger partial charge on any atom is 0.234 e. The van der Waals surface area contributed by atoms with Crippen molar-refractivity contribution in [3.05, 3.63) is 59.4 Å². The maximum absolute atomic E-state index is 13.1. The average Bonchev–Trinajstić information content (AvgIpc) is 2.83. The molecule has 1 heterocycles. The predicted octanol–water partition coefficient (Wildman–Crippen LogP) is 4.58. The van der Waals surface area contributed by atoms with Gasteiger partial charge in [-0.25, -0.2) is 4.39 Å². The fraction of sp³-hybridized carbons (Fsp3) is 0.333. The highest BCUT2D eigenvalue weighted by Crippen LogP contribution is 2.38. The van der Waals surface area contributed by atoms with Crippen molar-refractivity contribution in [2.45, 2.75) is 44.9 Å². The van der Waals surface area contributed by atoms with Crippen molar-refractivity contribution in [1.29, 1.82) is 0 Å². The van der Waals surface area contributed by atoms with E-state index in [2.05, 4.69) is 10.6 Å². The third kappa shape index (κ3) is 3.47. The minimum Gasteiger partial charge on any atom is -0.326 e. The molecule has 136 valence electrons. The highest BCUT2D eigenvalue weighted by molar-refractivity contribution is 6.06. The van der Waals surface area contributed by atoms with Gasteiger partial charge < -0.3 is 10.6 Å². The van der Waals surface area contributed by atoms with Gasteiger partial charge in [0.05, 0.1) is 5.41 Å². The van der Waals surface area contributed by atoms with E-state index in [1.807, 2.05) is 32.9 Å². The average molecular weight is 354 g/mol. The molecule has 4 nitrogen and oxygen atoms in total. The summed E-state index contributed by atoms with van der Waals surface area (Å²) in [5.74, 6) is -0.392. The minimum absolute atomic E-state index is 0.0321. The van der Waals surface area contributed by atoms with E-state index in [1.54, 1.807) is 18.2 Å². The molecule has 5 heteroatoms. The molecule has 2 N–H and O–H groups in total. The van der Waals surface area contributed by atoms with Crippen molar-refractivity contribution in [2.75, 3.05) is 10.6 Å². The summed E-state index contributed by atoms with van der Waals surface area (Å²) >= 11 is 0. The molecular weight excluding hydrogens is 331 g/mol. The second-order valence-corrected chi connectivity index (χ2v) is 7.25. The van der Waals surface area contributed by atoms with E-state index in [9.17, 15) is 14.0 Å². The highest BCUT2D eigenvalue weighted by atomic mass is 19.1. The number of hydrogen-bond acceptors (Lipinski definition) is 2. The first kappa shape index (κ1) is 18.1.